The van der Waals surface area contributed by atoms with E-state index in [1.54, 1.807) is 0 Å². The summed E-state index contributed by atoms with van der Waals surface area (Å²) in [6.45, 7) is 4.24. The summed E-state index contributed by atoms with van der Waals surface area (Å²) in [5.74, 6) is 0.897. The van der Waals surface area contributed by atoms with E-state index in [9.17, 15) is 0 Å². The molecule has 0 bridgehead atoms. The number of nitrogens with zero attached hydrogens (tertiary/aromatic N) is 1. The van der Waals surface area contributed by atoms with E-state index >= 15 is 0 Å². The molecule has 0 aromatic heterocycles. The number of hydrogen-bond acceptors (Lipinski definition) is 3. The van der Waals surface area contributed by atoms with Crippen LogP contribution in [0.5, 0.6) is 5.75 Å². The van der Waals surface area contributed by atoms with E-state index in [2.05, 4.69) is 4.90 Å². The van der Waals surface area contributed by atoms with Gasteiger partial charge in [0.2, 0.25) is 0 Å². The van der Waals surface area contributed by atoms with Crippen molar-refractivity contribution >= 4 is 36.4 Å². The number of likely N-dealkylation sites (tertiary alicyclic amines) is 1. The summed E-state index contributed by atoms with van der Waals surface area (Å²) in [6.07, 6.45) is 4.55. The maximum atomic E-state index is 5.89. The molecule has 6 heteroatoms. The largest absolute Gasteiger partial charge is 0.494 e. The average Bonchev–Trinajstić information content (AvgIpc) is 2.43. The fourth-order valence-electron chi connectivity index (χ4n) is 2.33. The molecule has 0 atom stereocenters. The van der Waals surface area contributed by atoms with Crippen LogP contribution < -0.4 is 10.5 Å². The summed E-state index contributed by atoms with van der Waals surface area (Å²) in [5.41, 5.74) is 5.89. The van der Waals surface area contributed by atoms with Crippen molar-refractivity contribution in [3.8, 4) is 5.75 Å². The van der Waals surface area contributed by atoms with Gasteiger partial charge >= 0.3 is 0 Å². The molecule has 2 N–H and O–H groups in total. The molecule has 21 heavy (non-hydrogen) atoms. The Bertz CT molecular complexity index is 368. The van der Waals surface area contributed by atoms with Crippen LogP contribution in [-0.4, -0.2) is 37.2 Å². The van der Waals surface area contributed by atoms with Gasteiger partial charge in [0, 0.05) is 11.1 Å². The van der Waals surface area contributed by atoms with Crippen LogP contribution in [0.2, 0.25) is 5.02 Å². The minimum absolute atomic E-state index is 0. The molecule has 0 radical (unpaired) electrons. The molecule has 0 unspecified atom stereocenters. The van der Waals surface area contributed by atoms with Crippen LogP contribution in [0, 0.1) is 0 Å². The third-order valence-corrected chi connectivity index (χ3v) is 3.84. The molecular formula is C15H25Cl3N2O. The topological polar surface area (TPSA) is 38.5 Å². The van der Waals surface area contributed by atoms with Crippen molar-refractivity contribution in [3.05, 3.63) is 29.3 Å². The zero-order valence-electron chi connectivity index (χ0n) is 12.2. The molecule has 0 aliphatic carbocycles. The Kier molecular flexibility index (Phi) is 11.3. The first-order valence-electron chi connectivity index (χ1n) is 7.10. The SMILES string of the molecule is Cl.Cl.NC1CCN(CCCCOc2ccc(Cl)cc2)CC1. The number of ether oxygens (including phenoxy) is 1. The van der Waals surface area contributed by atoms with Crippen molar-refractivity contribution in [2.24, 2.45) is 5.73 Å². The van der Waals surface area contributed by atoms with Crippen LogP contribution in [-0.2, 0) is 0 Å². The minimum Gasteiger partial charge on any atom is -0.494 e. The van der Waals surface area contributed by atoms with Gasteiger partial charge in [-0.3, -0.25) is 0 Å². The number of halogens is 3. The fourth-order valence-corrected chi connectivity index (χ4v) is 2.46. The van der Waals surface area contributed by atoms with Gasteiger partial charge in [-0.25, -0.2) is 0 Å². The summed E-state index contributed by atoms with van der Waals surface area (Å²) < 4.78 is 5.67. The van der Waals surface area contributed by atoms with Gasteiger partial charge in [0.25, 0.3) is 0 Å². The van der Waals surface area contributed by atoms with E-state index in [0.717, 1.165) is 56.3 Å². The fraction of sp³-hybridized carbons (Fsp3) is 0.600. The lowest BCUT2D eigenvalue weighted by Crippen LogP contribution is -2.40. The second-order valence-corrected chi connectivity index (χ2v) is 5.62. The van der Waals surface area contributed by atoms with E-state index < -0.39 is 0 Å². The highest BCUT2D eigenvalue weighted by atomic mass is 35.5. The van der Waals surface area contributed by atoms with Crippen molar-refractivity contribution < 1.29 is 4.74 Å². The highest BCUT2D eigenvalue weighted by Gasteiger charge is 2.14. The molecule has 1 heterocycles. The van der Waals surface area contributed by atoms with Gasteiger partial charge in [-0.1, -0.05) is 11.6 Å². The van der Waals surface area contributed by atoms with Crippen molar-refractivity contribution in [2.75, 3.05) is 26.2 Å². The molecular weight excluding hydrogens is 331 g/mol. The molecule has 3 nitrogen and oxygen atoms in total. The van der Waals surface area contributed by atoms with Crippen LogP contribution in [0.1, 0.15) is 25.7 Å². The van der Waals surface area contributed by atoms with E-state index in [4.69, 9.17) is 22.1 Å². The van der Waals surface area contributed by atoms with Crippen molar-refractivity contribution in [3.63, 3.8) is 0 Å². The lowest BCUT2D eigenvalue weighted by atomic mass is 10.1. The van der Waals surface area contributed by atoms with Gasteiger partial charge in [0.1, 0.15) is 5.75 Å². The monoisotopic (exact) mass is 354 g/mol. The summed E-state index contributed by atoms with van der Waals surface area (Å²) >= 11 is 5.82. The second-order valence-electron chi connectivity index (χ2n) is 5.19. The molecule has 1 aromatic rings. The van der Waals surface area contributed by atoms with E-state index in [0.29, 0.717) is 6.04 Å². The molecule has 1 aromatic carbocycles. The summed E-state index contributed by atoms with van der Waals surface area (Å²) in [5, 5.41) is 0.746. The Morgan fingerprint density at radius 3 is 2.33 bits per heavy atom. The van der Waals surface area contributed by atoms with Gasteiger partial charge in [0.15, 0.2) is 0 Å². The van der Waals surface area contributed by atoms with Crippen LogP contribution in [0.15, 0.2) is 24.3 Å². The van der Waals surface area contributed by atoms with E-state index in [1.165, 1.54) is 6.42 Å². The van der Waals surface area contributed by atoms with Crippen LogP contribution in [0.25, 0.3) is 0 Å². The molecule has 2 rings (SSSR count). The zero-order valence-corrected chi connectivity index (χ0v) is 14.6. The van der Waals surface area contributed by atoms with Gasteiger partial charge in [-0.05, 0) is 69.6 Å². The normalized spacial score (nSPS) is 15.9. The Morgan fingerprint density at radius 1 is 1.10 bits per heavy atom. The highest BCUT2D eigenvalue weighted by Crippen LogP contribution is 2.16. The lowest BCUT2D eigenvalue weighted by molar-refractivity contribution is 0.203. The smallest absolute Gasteiger partial charge is 0.119 e. The standard InChI is InChI=1S/C15H23ClN2O.2ClH/c16-13-3-5-15(6-4-13)19-12-2-1-9-18-10-7-14(17)8-11-18;;/h3-6,14H,1-2,7-12,17H2;2*1H. The van der Waals surface area contributed by atoms with Crippen molar-refractivity contribution in [1.82, 2.24) is 4.90 Å². The molecule has 0 spiro atoms. The zero-order chi connectivity index (χ0) is 13.5. The van der Waals surface area contributed by atoms with Gasteiger partial charge < -0.3 is 15.4 Å². The Hall–Kier alpha value is -0.190. The molecule has 1 aliphatic heterocycles. The third kappa shape index (κ3) is 8.12. The number of rotatable bonds is 6. The molecule has 0 saturated carbocycles. The molecule has 1 aliphatic rings. The molecule has 122 valence electrons. The predicted molar refractivity (Wildman–Crippen MR) is 94.3 cm³/mol. The van der Waals surface area contributed by atoms with Gasteiger partial charge in [-0.15, -0.1) is 24.8 Å². The number of benzene rings is 1. The molecule has 0 amide bonds. The van der Waals surface area contributed by atoms with Crippen LogP contribution in [0.4, 0.5) is 0 Å². The minimum atomic E-state index is 0. The highest BCUT2D eigenvalue weighted by molar-refractivity contribution is 6.30. The number of hydrogen-bond donors (Lipinski definition) is 1. The second kappa shape index (κ2) is 11.4. The van der Waals surface area contributed by atoms with E-state index in [-0.39, 0.29) is 24.8 Å². The quantitative estimate of drug-likeness (QED) is 0.790. The maximum absolute atomic E-state index is 5.89. The molecule has 1 saturated heterocycles. The first-order chi connectivity index (χ1) is 9.24. The Labute approximate surface area is 145 Å². The number of nitrogens with two attached hydrogens (primary N) is 1. The third-order valence-electron chi connectivity index (χ3n) is 3.58. The van der Waals surface area contributed by atoms with Crippen LogP contribution >= 0.6 is 36.4 Å². The van der Waals surface area contributed by atoms with Gasteiger partial charge in [-0.2, -0.15) is 0 Å². The first-order valence-corrected chi connectivity index (χ1v) is 7.48. The number of unbranched alkanes of at least 4 members (excludes halogenated alkanes) is 1. The average molecular weight is 356 g/mol. The Morgan fingerprint density at radius 2 is 1.71 bits per heavy atom. The van der Waals surface area contributed by atoms with Gasteiger partial charge in [0.05, 0.1) is 6.61 Å². The van der Waals surface area contributed by atoms with E-state index in [1.807, 2.05) is 24.3 Å². The van der Waals surface area contributed by atoms with Crippen molar-refractivity contribution in [1.29, 1.82) is 0 Å². The number of piperidine rings is 1. The van der Waals surface area contributed by atoms with Crippen molar-refractivity contribution in [2.45, 2.75) is 31.7 Å². The predicted octanol–water partition coefficient (Wildman–Crippen LogP) is 3.77. The lowest BCUT2D eigenvalue weighted by Gasteiger charge is -2.29. The summed E-state index contributed by atoms with van der Waals surface area (Å²) in [4.78, 5) is 2.51. The molecule has 1 fully saturated rings. The maximum Gasteiger partial charge on any atom is 0.119 e. The first kappa shape index (κ1) is 20.8. The summed E-state index contributed by atoms with van der Waals surface area (Å²) in [6, 6.07) is 7.95. The Balaban J connectivity index is 0.00000200. The summed E-state index contributed by atoms with van der Waals surface area (Å²) in [7, 11) is 0. The van der Waals surface area contributed by atoms with Crippen LogP contribution in [0.3, 0.4) is 0 Å².